The quantitative estimate of drug-likeness (QED) is 0.0292. The van der Waals surface area contributed by atoms with Gasteiger partial charge in [0, 0.05) is 19.3 Å². The van der Waals surface area contributed by atoms with E-state index in [1.165, 1.54) is 83.5 Å². The maximum Gasteiger partial charge on any atom is 0.362 e. The number of unbranched alkanes of at least 4 members (excludes halogenated alkanes) is 15. The molecule has 1 N–H and O–H groups in total. The van der Waals surface area contributed by atoms with E-state index in [9.17, 15) is 19.5 Å². The van der Waals surface area contributed by atoms with E-state index in [4.69, 9.17) is 14.2 Å². The summed E-state index contributed by atoms with van der Waals surface area (Å²) in [5, 5.41) is 9.57. The van der Waals surface area contributed by atoms with Gasteiger partial charge in [0.25, 0.3) is 0 Å². The van der Waals surface area contributed by atoms with Crippen LogP contribution in [0.2, 0.25) is 0 Å². The second-order valence-electron chi connectivity index (χ2n) is 15.2. The van der Waals surface area contributed by atoms with E-state index in [0.29, 0.717) is 19.3 Å². The summed E-state index contributed by atoms with van der Waals surface area (Å²) < 4.78 is 17.1. The van der Waals surface area contributed by atoms with Gasteiger partial charge in [-0.15, -0.1) is 0 Å². The van der Waals surface area contributed by atoms with Crippen LogP contribution in [0.4, 0.5) is 0 Å². The molecular formula is C45H80NO7+. The third kappa shape index (κ3) is 34.8. The first kappa shape index (κ1) is 50.3. The summed E-state index contributed by atoms with van der Waals surface area (Å²) in [7, 11) is 5.50. The lowest BCUT2D eigenvalue weighted by molar-refractivity contribution is -0.887. The average molecular weight is 747 g/mol. The summed E-state index contributed by atoms with van der Waals surface area (Å²) in [6.07, 6.45) is 41.9. The van der Waals surface area contributed by atoms with Crippen molar-refractivity contribution < 1.29 is 38.2 Å². The first-order chi connectivity index (χ1) is 25.6. The Labute approximate surface area is 325 Å². The number of hydrogen-bond acceptors (Lipinski definition) is 6. The molecule has 0 aromatic rings. The van der Waals surface area contributed by atoms with Crippen molar-refractivity contribution in [3.8, 4) is 0 Å². The molecule has 0 aromatic carbocycles. The zero-order valence-corrected chi connectivity index (χ0v) is 34.7. The second-order valence-corrected chi connectivity index (χ2v) is 15.2. The van der Waals surface area contributed by atoms with Crippen molar-refractivity contribution in [2.75, 3.05) is 41.0 Å². The minimum Gasteiger partial charge on any atom is -0.477 e. The number of esters is 2. The fraction of sp³-hybridized carbons (Fsp3) is 0.756. The van der Waals surface area contributed by atoms with Crippen LogP contribution >= 0.6 is 0 Å². The van der Waals surface area contributed by atoms with E-state index >= 15 is 0 Å². The van der Waals surface area contributed by atoms with Gasteiger partial charge in [0.05, 0.1) is 34.4 Å². The lowest BCUT2D eigenvalue weighted by Gasteiger charge is -2.31. The van der Waals surface area contributed by atoms with Crippen LogP contribution in [0.15, 0.2) is 48.6 Å². The molecule has 0 saturated carbocycles. The Bertz CT molecular complexity index is 1010. The van der Waals surface area contributed by atoms with Gasteiger partial charge >= 0.3 is 17.9 Å². The van der Waals surface area contributed by atoms with Crippen LogP contribution in [-0.4, -0.2) is 80.6 Å². The molecule has 0 saturated heterocycles. The van der Waals surface area contributed by atoms with Gasteiger partial charge in [0.15, 0.2) is 12.1 Å². The Morgan fingerprint density at radius 1 is 0.566 bits per heavy atom. The summed E-state index contributed by atoms with van der Waals surface area (Å²) in [6.45, 7) is 4.58. The number of nitrogens with zero attached hydrogens (tertiary/aromatic N) is 1. The van der Waals surface area contributed by atoms with Gasteiger partial charge in [0.2, 0.25) is 0 Å². The zero-order valence-electron chi connectivity index (χ0n) is 34.7. The molecule has 0 aliphatic heterocycles. The number of rotatable bonds is 37. The highest BCUT2D eigenvalue weighted by Crippen LogP contribution is 2.13. The van der Waals surface area contributed by atoms with Crippen LogP contribution in [0.25, 0.3) is 0 Å². The fourth-order valence-electron chi connectivity index (χ4n) is 5.88. The molecule has 0 amide bonds. The number of carbonyl (C=O) groups excluding carboxylic acids is 2. The third-order valence-electron chi connectivity index (χ3n) is 9.21. The molecule has 2 unspecified atom stereocenters. The van der Waals surface area contributed by atoms with Crippen LogP contribution in [0.3, 0.4) is 0 Å². The molecule has 0 aromatic heterocycles. The van der Waals surface area contributed by atoms with Crippen molar-refractivity contribution in [2.24, 2.45) is 0 Å². The molecule has 0 rings (SSSR count). The monoisotopic (exact) mass is 747 g/mol. The molecule has 0 aliphatic rings. The van der Waals surface area contributed by atoms with Crippen molar-refractivity contribution in [3.63, 3.8) is 0 Å². The SMILES string of the molecule is CCCCC/C=C/C/C=C/C/C=C/CCCCCCCCCCCC(=O)OCC(COCCC(C(=O)O)[N+](C)(C)C)OC(=O)CC/C=C/CCCCC. The largest absolute Gasteiger partial charge is 0.477 e. The third-order valence-corrected chi connectivity index (χ3v) is 9.21. The molecule has 8 nitrogen and oxygen atoms in total. The molecule has 306 valence electrons. The van der Waals surface area contributed by atoms with E-state index in [-0.39, 0.29) is 42.7 Å². The van der Waals surface area contributed by atoms with E-state index in [1.807, 2.05) is 27.2 Å². The Hall–Kier alpha value is -2.71. The molecule has 0 aliphatic carbocycles. The number of carbonyl (C=O) groups is 3. The number of ether oxygens (including phenoxy) is 3. The lowest BCUT2D eigenvalue weighted by atomic mass is 10.1. The highest BCUT2D eigenvalue weighted by molar-refractivity contribution is 5.72. The molecule has 0 heterocycles. The molecule has 0 bridgehead atoms. The highest BCUT2D eigenvalue weighted by atomic mass is 16.6. The van der Waals surface area contributed by atoms with E-state index < -0.39 is 18.1 Å². The topological polar surface area (TPSA) is 99.1 Å². The van der Waals surface area contributed by atoms with Crippen molar-refractivity contribution in [2.45, 2.75) is 180 Å². The fourth-order valence-corrected chi connectivity index (χ4v) is 5.88. The molecule has 0 radical (unpaired) electrons. The first-order valence-corrected chi connectivity index (χ1v) is 21.2. The normalized spacial score (nSPS) is 13.5. The molecule has 0 spiro atoms. The van der Waals surface area contributed by atoms with Crippen LogP contribution < -0.4 is 0 Å². The summed E-state index contributed by atoms with van der Waals surface area (Å²) in [5.74, 6) is -1.55. The number of likely N-dealkylation sites (N-methyl/N-ethyl adjacent to an activating group) is 1. The maximum atomic E-state index is 12.5. The van der Waals surface area contributed by atoms with Crippen molar-refractivity contribution in [3.05, 3.63) is 48.6 Å². The van der Waals surface area contributed by atoms with Gasteiger partial charge in [-0.3, -0.25) is 9.59 Å². The van der Waals surface area contributed by atoms with Gasteiger partial charge in [-0.2, -0.15) is 0 Å². The van der Waals surface area contributed by atoms with E-state index in [1.54, 1.807) is 0 Å². The Morgan fingerprint density at radius 2 is 1.04 bits per heavy atom. The molecule has 0 fully saturated rings. The van der Waals surface area contributed by atoms with Gasteiger partial charge in [-0.1, -0.05) is 133 Å². The predicted molar refractivity (Wildman–Crippen MR) is 220 cm³/mol. The standard InChI is InChI=1S/C45H79NO7/c1-6-8-10-12-14-15-16-17-18-19-20-21-22-23-24-25-26-27-28-30-31-33-35-43(47)52-40-41(39-51-38-37-42(45(49)50)46(3,4)5)53-44(48)36-34-32-29-13-11-9-7-2/h14-15,17-18,20-21,29,32,41-42H,6-13,16,19,22-28,30-31,33-40H2,1-5H3/p+1/b15-14+,18-17+,21-20+,32-29+. The van der Waals surface area contributed by atoms with Gasteiger partial charge in [-0.25, -0.2) is 4.79 Å². The molecule has 8 heteroatoms. The highest BCUT2D eigenvalue weighted by Gasteiger charge is 2.31. The summed E-state index contributed by atoms with van der Waals surface area (Å²) in [5.41, 5.74) is 0. The predicted octanol–water partition coefficient (Wildman–Crippen LogP) is 11.2. The Balaban J connectivity index is 4.19. The Kier molecular flexibility index (Phi) is 34.4. The number of allylic oxidation sites excluding steroid dienone is 8. The zero-order chi connectivity index (χ0) is 39.3. The minimum absolute atomic E-state index is 0.0429. The van der Waals surface area contributed by atoms with Crippen LogP contribution in [0, 0.1) is 0 Å². The van der Waals surface area contributed by atoms with E-state index in [0.717, 1.165) is 44.9 Å². The smallest absolute Gasteiger partial charge is 0.362 e. The van der Waals surface area contributed by atoms with Gasteiger partial charge < -0.3 is 23.8 Å². The summed E-state index contributed by atoms with van der Waals surface area (Å²) >= 11 is 0. The minimum atomic E-state index is -0.883. The summed E-state index contributed by atoms with van der Waals surface area (Å²) in [4.78, 5) is 36.7. The van der Waals surface area contributed by atoms with Crippen LogP contribution in [0.5, 0.6) is 0 Å². The van der Waals surface area contributed by atoms with Crippen molar-refractivity contribution in [1.29, 1.82) is 0 Å². The Morgan fingerprint density at radius 3 is 1.57 bits per heavy atom. The number of carboxylic acid groups (broad SMARTS) is 1. The molecule has 2 atom stereocenters. The lowest BCUT2D eigenvalue weighted by Crippen LogP contribution is -2.50. The number of carboxylic acids is 1. The maximum absolute atomic E-state index is 12.5. The number of aliphatic carboxylic acids is 1. The number of hydrogen-bond donors (Lipinski definition) is 1. The van der Waals surface area contributed by atoms with E-state index in [2.05, 4.69) is 56.4 Å². The summed E-state index contributed by atoms with van der Waals surface area (Å²) in [6, 6.07) is -0.619. The van der Waals surface area contributed by atoms with Crippen LogP contribution in [-0.2, 0) is 28.6 Å². The van der Waals surface area contributed by atoms with Gasteiger partial charge in [-0.05, 0) is 64.2 Å². The number of quaternary nitrogens is 1. The molecular weight excluding hydrogens is 666 g/mol. The first-order valence-electron chi connectivity index (χ1n) is 21.2. The van der Waals surface area contributed by atoms with Gasteiger partial charge in [0.1, 0.15) is 6.61 Å². The average Bonchev–Trinajstić information content (AvgIpc) is 3.11. The van der Waals surface area contributed by atoms with Crippen LogP contribution in [0.1, 0.15) is 168 Å². The van der Waals surface area contributed by atoms with Crippen molar-refractivity contribution in [1.82, 2.24) is 0 Å². The second kappa shape index (κ2) is 36.3. The molecule has 53 heavy (non-hydrogen) atoms. The van der Waals surface area contributed by atoms with Crippen molar-refractivity contribution >= 4 is 17.9 Å².